The van der Waals surface area contributed by atoms with Gasteiger partial charge in [0, 0.05) is 11.8 Å². The molecule has 106 valence electrons. The number of ether oxygens (including phenoxy) is 1. The van der Waals surface area contributed by atoms with Crippen LogP contribution in [0.4, 0.5) is 5.82 Å². The standard InChI is InChI=1S/C14H16N2O3S/c1-3-19-13-6-4-5-11(9-13)12-7-8-14(15-10-12)16-20(2,17)18/h4-10H,3H2,1-2H3,(H,15,16). The lowest BCUT2D eigenvalue weighted by atomic mass is 10.1. The first-order valence-electron chi connectivity index (χ1n) is 6.15. The first-order valence-corrected chi connectivity index (χ1v) is 8.04. The van der Waals surface area contributed by atoms with Gasteiger partial charge in [0.05, 0.1) is 12.9 Å². The van der Waals surface area contributed by atoms with Crippen molar-refractivity contribution in [1.29, 1.82) is 0 Å². The molecule has 0 bridgehead atoms. The van der Waals surface area contributed by atoms with Gasteiger partial charge >= 0.3 is 0 Å². The smallest absolute Gasteiger partial charge is 0.230 e. The second kappa shape index (κ2) is 5.92. The Hall–Kier alpha value is -2.08. The van der Waals surface area contributed by atoms with Crippen LogP contribution in [0.1, 0.15) is 6.92 Å². The number of hydrogen-bond donors (Lipinski definition) is 1. The predicted octanol–water partition coefficient (Wildman–Crippen LogP) is 2.52. The van der Waals surface area contributed by atoms with Crippen LogP contribution in [0.3, 0.4) is 0 Å². The molecule has 0 fully saturated rings. The first-order chi connectivity index (χ1) is 9.48. The van der Waals surface area contributed by atoms with Gasteiger partial charge in [0.2, 0.25) is 10.0 Å². The maximum atomic E-state index is 11.1. The zero-order chi connectivity index (χ0) is 14.6. The second-order valence-electron chi connectivity index (χ2n) is 4.27. The number of benzene rings is 1. The second-order valence-corrected chi connectivity index (χ2v) is 6.02. The number of aromatic nitrogens is 1. The van der Waals surface area contributed by atoms with E-state index in [1.165, 1.54) is 0 Å². The van der Waals surface area contributed by atoms with Gasteiger partial charge in [-0.1, -0.05) is 12.1 Å². The summed E-state index contributed by atoms with van der Waals surface area (Å²) >= 11 is 0. The number of pyridine rings is 1. The van der Waals surface area contributed by atoms with Crippen LogP contribution in [0.2, 0.25) is 0 Å². The van der Waals surface area contributed by atoms with Crippen molar-refractivity contribution in [3.8, 4) is 16.9 Å². The van der Waals surface area contributed by atoms with Crippen molar-refractivity contribution in [3.63, 3.8) is 0 Å². The highest BCUT2D eigenvalue weighted by atomic mass is 32.2. The molecule has 0 amide bonds. The summed E-state index contributed by atoms with van der Waals surface area (Å²) in [6.07, 6.45) is 2.72. The van der Waals surface area contributed by atoms with Gasteiger partial charge in [0.1, 0.15) is 11.6 Å². The summed E-state index contributed by atoms with van der Waals surface area (Å²) in [6, 6.07) is 11.1. The fourth-order valence-corrected chi connectivity index (χ4v) is 2.25. The molecule has 0 spiro atoms. The average Bonchev–Trinajstić information content (AvgIpc) is 2.38. The van der Waals surface area contributed by atoms with Gasteiger partial charge in [-0.15, -0.1) is 0 Å². The third-order valence-electron chi connectivity index (χ3n) is 2.53. The molecule has 1 aromatic heterocycles. The molecule has 6 heteroatoms. The lowest BCUT2D eigenvalue weighted by Crippen LogP contribution is -2.10. The molecule has 0 radical (unpaired) electrons. The minimum absolute atomic E-state index is 0.303. The largest absolute Gasteiger partial charge is 0.494 e. The third kappa shape index (κ3) is 3.96. The van der Waals surface area contributed by atoms with E-state index < -0.39 is 10.0 Å². The predicted molar refractivity (Wildman–Crippen MR) is 79.3 cm³/mol. The lowest BCUT2D eigenvalue weighted by molar-refractivity contribution is 0.340. The molecule has 1 aromatic carbocycles. The van der Waals surface area contributed by atoms with Gasteiger partial charge in [0.25, 0.3) is 0 Å². The van der Waals surface area contributed by atoms with Crippen LogP contribution >= 0.6 is 0 Å². The van der Waals surface area contributed by atoms with E-state index in [2.05, 4.69) is 9.71 Å². The van der Waals surface area contributed by atoms with Gasteiger partial charge in [-0.05, 0) is 36.8 Å². The van der Waals surface area contributed by atoms with Gasteiger partial charge in [-0.25, -0.2) is 13.4 Å². The van der Waals surface area contributed by atoms with E-state index in [0.717, 1.165) is 23.1 Å². The van der Waals surface area contributed by atoms with Crippen LogP contribution in [-0.4, -0.2) is 26.3 Å². The Kier molecular flexibility index (Phi) is 4.24. The molecule has 0 atom stereocenters. The lowest BCUT2D eigenvalue weighted by Gasteiger charge is -2.07. The van der Waals surface area contributed by atoms with Crippen molar-refractivity contribution in [2.75, 3.05) is 17.6 Å². The Bertz CT molecular complexity index is 682. The molecule has 0 aliphatic heterocycles. The van der Waals surface area contributed by atoms with Crippen LogP contribution < -0.4 is 9.46 Å². The van der Waals surface area contributed by atoms with E-state index in [-0.39, 0.29) is 0 Å². The Morgan fingerprint density at radius 2 is 2.00 bits per heavy atom. The minimum Gasteiger partial charge on any atom is -0.494 e. The number of anilines is 1. The molecule has 20 heavy (non-hydrogen) atoms. The Morgan fingerprint density at radius 3 is 2.60 bits per heavy atom. The topological polar surface area (TPSA) is 68.3 Å². The fraction of sp³-hybridized carbons (Fsp3) is 0.214. The molecule has 1 heterocycles. The number of hydrogen-bond acceptors (Lipinski definition) is 4. The molecular formula is C14H16N2O3S. The molecule has 2 aromatic rings. The quantitative estimate of drug-likeness (QED) is 0.919. The van der Waals surface area contributed by atoms with Crippen molar-refractivity contribution in [3.05, 3.63) is 42.6 Å². The SMILES string of the molecule is CCOc1cccc(-c2ccc(NS(C)(=O)=O)nc2)c1. The molecular weight excluding hydrogens is 276 g/mol. The summed E-state index contributed by atoms with van der Waals surface area (Å²) in [4.78, 5) is 4.08. The highest BCUT2D eigenvalue weighted by molar-refractivity contribution is 7.92. The highest BCUT2D eigenvalue weighted by Gasteiger charge is 2.04. The summed E-state index contributed by atoms with van der Waals surface area (Å²) in [5, 5.41) is 0. The van der Waals surface area contributed by atoms with Crippen molar-refractivity contribution in [2.24, 2.45) is 0 Å². The van der Waals surface area contributed by atoms with E-state index in [1.807, 2.05) is 37.3 Å². The minimum atomic E-state index is -3.30. The van der Waals surface area contributed by atoms with Gasteiger partial charge in [0.15, 0.2) is 0 Å². The van der Waals surface area contributed by atoms with Crippen LogP contribution in [0.25, 0.3) is 11.1 Å². The molecule has 1 N–H and O–H groups in total. The van der Waals surface area contributed by atoms with E-state index in [1.54, 1.807) is 12.3 Å². The zero-order valence-corrected chi connectivity index (χ0v) is 12.1. The van der Waals surface area contributed by atoms with Crippen LogP contribution in [0.15, 0.2) is 42.6 Å². The average molecular weight is 292 g/mol. The number of nitrogens with one attached hydrogen (secondary N) is 1. The Morgan fingerprint density at radius 1 is 1.20 bits per heavy atom. The van der Waals surface area contributed by atoms with Crippen molar-refractivity contribution in [1.82, 2.24) is 4.98 Å². The Labute approximate surface area is 118 Å². The van der Waals surface area contributed by atoms with Crippen LogP contribution in [0.5, 0.6) is 5.75 Å². The molecule has 0 aliphatic rings. The van der Waals surface area contributed by atoms with E-state index in [0.29, 0.717) is 12.4 Å². The van der Waals surface area contributed by atoms with Gasteiger partial charge in [-0.2, -0.15) is 0 Å². The molecule has 0 unspecified atom stereocenters. The number of nitrogens with zero attached hydrogens (tertiary/aromatic N) is 1. The molecule has 0 saturated carbocycles. The fourth-order valence-electron chi connectivity index (χ4n) is 1.75. The highest BCUT2D eigenvalue weighted by Crippen LogP contribution is 2.24. The Balaban J connectivity index is 2.23. The monoisotopic (exact) mass is 292 g/mol. The third-order valence-corrected chi connectivity index (χ3v) is 3.11. The molecule has 2 rings (SSSR count). The van der Waals surface area contributed by atoms with Crippen LogP contribution in [-0.2, 0) is 10.0 Å². The van der Waals surface area contributed by atoms with Crippen LogP contribution in [0, 0.1) is 0 Å². The van der Waals surface area contributed by atoms with Gasteiger partial charge in [-0.3, -0.25) is 4.72 Å². The maximum absolute atomic E-state index is 11.1. The summed E-state index contributed by atoms with van der Waals surface area (Å²) in [6.45, 7) is 2.54. The first kappa shape index (κ1) is 14.3. The normalized spacial score (nSPS) is 11.1. The summed E-state index contributed by atoms with van der Waals surface area (Å²) in [7, 11) is -3.30. The summed E-state index contributed by atoms with van der Waals surface area (Å²) in [5.74, 6) is 1.10. The van der Waals surface area contributed by atoms with Gasteiger partial charge < -0.3 is 4.74 Å². The number of rotatable bonds is 5. The van der Waals surface area contributed by atoms with Crippen molar-refractivity contribution in [2.45, 2.75) is 6.92 Å². The number of sulfonamides is 1. The van der Waals surface area contributed by atoms with E-state index in [4.69, 9.17) is 4.74 Å². The van der Waals surface area contributed by atoms with Crippen molar-refractivity contribution < 1.29 is 13.2 Å². The molecule has 0 saturated heterocycles. The zero-order valence-electron chi connectivity index (χ0n) is 11.3. The van der Waals surface area contributed by atoms with Crippen molar-refractivity contribution >= 4 is 15.8 Å². The van der Waals surface area contributed by atoms with E-state index in [9.17, 15) is 8.42 Å². The summed E-state index contributed by atoms with van der Waals surface area (Å²) in [5.41, 5.74) is 1.86. The summed E-state index contributed by atoms with van der Waals surface area (Å²) < 4.78 is 30.0. The van der Waals surface area contributed by atoms with E-state index >= 15 is 0 Å². The molecule has 0 aliphatic carbocycles. The maximum Gasteiger partial charge on any atom is 0.230 e. The molecule has 5 nitrogen and oxygen atoms in total.